The minimum absolute atomic E-state index is 0.0490. The van der Waals surface area contributed by atoms with Crippen molar-refractivity contribution in [3.8, 4) is 5.75 Å². The van der Waals surface area contributed by atoms with Crippen molar-refractivity contribution in [2.75, 3.05) is 12.9 Å². The molecule has 2 rings (SSSR count). The number of sulfone groups is 1. The molecule has 1 atom stereocenters. The fraction of sp³-hybridized carbons (Fsp3) is 0.273. The molecule has 0 aromatic heterocycles. The van der Waals surface area contributed by atoms with Crippen molar-refractivity contribution in [3.63, 3.8) is 0 Å². The van der Waals surface area contributed by atoms with Gasteiger partial charge in [-0.05, 0) is 18.2 Å². The topological polar surface area (TPSA) is 89.5 Å². The van der Waals surface area contributed by atoms with Crippen molar-refractivity contribution in [3.05, 3.63) is 34.2 Å². The molecule has 0 amide bonds. The van der Waals surface area contributed by atoms with E-state index in [2.05, 4.69) is 20.7 Å². The maximum Gasteiger partial charge on any atom is 0.244 e. The van der Waals surface area contributed by atoms with Gasteiger partial charge in [-0.2, -0.15) is 0 Å². The number of sulfonamides is 1. The van der Waals surface area contributed by atoms with E-state index < -0.39 is 25.9 Å². The summed E-state index contributed by atoms with van der Waals surface area (Å²) in [5.41, 5.74) is 0. The Morgan fingerprint density at radius 3 is 2.65 bits per heavy atom. The standard InChI is InChI=1S/C11H12BrNO5S2/c1-18-10-3-2-8(12)6-11(10)20(16,17)13-9-4-5-19(14,15)7-9/h2-6,9,13H,7H2,1H3. The summed E-state index contributed by atoms with van der Waals surface area (Å²) in [6.07, 6.45) is 1.32. The molecule has 1 N–H and O–H groups in total. The van der Waals surface area contributed by atoms with E-state index in [9.17, 15) is 16.8 Å². The van der Waals surface area contributed by atoms with Gasteiger partial charge in [-0.25, -0.2) is 21.6 Å². The Balaban J connectivity index is 2.32. The highest BCUT2D eigenvalue weighted by Gasteiger charge is 2.28. The Hall–Kier alpha value is -0.900. The van der Waals surface area contributed by atoms with Crippen LogP contribution in [0.2, 0.25) is 0 Å². The summed E-state index contributed by atoms with van der Waals surface area (Å²) in [7, 11) is -5.84. The molecule has 1 aliphatic heterocycles. The molecule has 0 aliphatic carbocycles. The molecule has 20 heavy (non-hydrogen) atoms. The van der Waals surface area contributed by atoms with Gasteiger partial charge in [0.25, 0.3) is 0 Å². The Kier molecular flexibility index (Phi) is 4.24. The van der Waals surface area contributed by atoms with Crippen molar-refractivity contribution in [2.24, 2.45) is 0 Å². The number of hydrogen-bond acceptors (Lipinski definition) is 5. The molecule has 0 spiro atoms. The second-order valence-electron chi connectivity index (χ2n) is 4.18. The summed E-state index contributed by atoms with van der Waals surface area (Å²) in [6, 6.07) is 3.79. The molecule has 0 bridgehead atoms. The van der Waals surface area contributed by atoms with Gasteiger partial charge < -0.3 is 4.74 Å². The fourth-order valence-corrected chi connectivity index (χ4v) is 5.01. The smallest absolute Gasteiger partial charge is 0.244 e. The Morgan fingerprint density at radius 2 is 2.10 bits per heavy atom. The maximum atomic E-state index is 12.3. The number of ether oxygens (including phenoxy) is 1. The minimum atomic E-state index is -3.88. The van der Waals surface area contributed by atoms with E-state index in [0.717, 1.165) is 5.41 Å². The molecule has 1 aromatic rings. The van der Waals surface area contributed by atoms with Crippen LogP contribution in [0.5, 0.6) is 5.75 Å². The van der Waals surface area contributed by atoms with Crippen LogP contribution >= 0.6 is 15.9 Å². The van der Waals surface area contributed by atoms with Crippen molar-refractivity contribution in [1.82, 2.24) is 4.72 Å². The van der Waals surface area contributed by atoms with Gasteiger partial charge in [0, 0.05) is 9.88 Å². The molecule has 0 saturated carbocycles. The SMILES string of the molecule is COc1ccc(Br)cc1S(=O)(=O)NC1C=CS(=O)(=O)C1. The monoisotopic (exact) mass is 381 g/mol. The number of hydrogen-bond donors (Lipinski definition) is 1. The lowest BCUT2D eigenvalue weighted by Gasteiger charge is -2.13. The largest absolute Gasteiger partial charge is 0.495 e. The summed E-state index contributed by atoms with van der Waals surface area (Å²) in [4.78, 5) is -0.0490. The second kappa shape index (κ2) is 5.47. The van der Waals surface area contributed by atoms with Crippen LogP contribution in [-0.4, -0.2) is 35.7 Å². The van der Waals surface area contributed by atoms with Crippen LogP contribution in [0.25, 0.3) is 0 Å². The molecule has 0 fully saturated rings. The van der Waals surface area contributed by atoms with Gasteiger partial charge in [0.05, 0.1) is 18.9 Å². The average molecular weight is 382 g/mol. The van der Waals surface area contributed by atoms with E-state index in [-0.39, 0.29) is 16.4 Å². The van der Waals surface area contributed by atoms with Crippen molar-refractivity contribution >= 4 is 35.8 Å². The minimum Gasteiger partial charge on any atom is -0.495 e. The summed E-state index contributed by atoms with van der Waals surface area (Å²) in [6.45, 7) is 0. The van der Waals surface area contributed by atoms with Gasteiger partial charge in [0.2, 0.25) is 10.0 Å². The highest BCUT2D eigenvalue weighted by Crippen LogP contribution is 2.27. The van der Waals surface area contributed by atoms with E-state index in [1.807, 2.05) is 0 Å². The number of methoxy groups -OCH3 is 1. The molecule has 0 radical (unpaired) electrons. The number of nitrogens with one attached hydrogen (secondary N) is 1. The molecular weight excluding hydrogens is 370 g/mol. The quantitative estimate of drug-likeness (QED) is 0.841. The third kappa shape index (κ3) is 3.40. The summed E-state index contributed by atoms with van der Waals surface area (Å²) < 4.78 is 55.1. The number of halogens is 1. The summed E-state index contributed by atoms with van der Waals surface area (Å²) >= 11 is 3.19. The third-order valence-corrected chi connectivity index (χ3v) is 6.05. The zero-order valence-electron chi connectivity index (χ0n) is 10.4. The Bertz CT molecular complexity index is 755. The van der Waals surface area contributed by atoms with Gasteiger partial charge in [0.1, 0.15) is 10.6 Å². The molecule has 0 saturated heterocycles. The van der Waals surface area contributed by atoms with Crippen molar-refractivity contribution < 1.29 is 21.6 Å². The van der Waals surface area contributed by atoms with E-state index in [1.165, 1.54) is 25.3 Å². The summed E-state index contributed by atoms with van der Waals surface area (Å²) in [5, 5.41) is 1.01. The van der Waals surface area contributed by atoms with E-state index in [4.69, 9.17) is 4.74 Å². The summed E-state index contributed by atoms with van der Waals surface area (Å²) in [5.74, 6) is -0.0896. The molecule has 1 aliphatic rings. The van der Waals surface area contributed by atoms with Gasteiger partial charge in [0.15, 0.2) is 9.84 Å². The first-order valence-corrected chi connectivity index (χ1v) is 9.49. The lowest BCUT2D eigenvalue weighted by atomic mass is 10.3. The van der Waals surface area contributed by atoms with E-state index >= 15 is 0 Å². The van der Waals surface area contributed by atoms with Crippen LogP contribution in [0.15, 0.2) is 39.1 Å². The van der Waals surface area contributed by atoms with Crippen molar-refractivity contribution in [1.29, 1.82) is 0 Å². The molecule has 9 heteroatoms. The van der Waals surface area contributed by atoms with Crippen LogP contribution in [-0.2, 0) is 19.9 Å². The van der Waals surface area contributed by atoms with Gasteiger partial charge >= 0.3 is 0 Å². The number of rotatable bonds is 4. The van der Waals surface area contributed by atoms with Crippen LogP contribution in [0.3, 0.4) is 0 Å². The molecular formula is C11H12BrNO5S2. The molecule has 1 heterocycles. The van der Waals surface area contributed by atoms with Crippen LogP contribution in [0.1, 0.15) is 0 Å². The third-order valence-electron chi connectivity index (χ3n) is 2.65. The molecule has 1 unspecified atom stereocenters. The maximum absolute atomic E-state index is 12.3. The predicted molar refractivity (Wildman–Crippen MR) is 77.7 cm³/mol. The van der Waals surface area contributed by atoms with Crippen LogP contribution < -0.4 is 9.46 Å². The fourth-order valence-electron chi connectivity index (χ4n) is 1.77. The lowest BCUT2D eigenvalue weighted by Crippen LogP contribution is -2.35. The molecule has 110 valence electrons. The predicted octanol–water partition coefficient (Wildman–Crippen LogP) is 1.05. The second-order valence-corrected chi connectivity index (χ2v) is 8.71. The molecule has 6 nitrogen and oxygen atoms in total. The average Bonchev–Trinajstić information content (AvgIpc) is 2.68. The molecule has 1 aromatic carbocycles. The first-order chi connectivity index (χ1) is 9.23. The lowest BCUT2D eigenvalue weighted by molar-refractivity contribution is 0.402. The normalized spacial score (nSPS) is 21.0. The first-order valence-electron chi connectivity index (χ1n) is 5.50. The van der Waals surface area contributed by atoms with Gasteiger partial charge in [-0.3, -0.25) is 0 Å². The van der Waals surface area contributed by atoms with E-state index in [1.54, 1.807) is 6.07 Å². The zero-order valence-corrected chi connectivity index (χ0v) is 13.6. The zero-order chi connectivity index (χ0) is 15.0. The van der Waals surface area contributed by atoms with Crippen molar-refractivity contribution in [2.45, 2.75) is 10.9 Å². The highest BCUT2D eigenvalue weighted by atomic mass is 79.9. The Labute approximate surface area is 125 Å². The van der Waals surface area contributed by atoms with E-state index in [0.29, 0.717) is 4.47 Å². The first kappa shape index (κ1) is 15.5. The van der Waals surface area contributed by atoms with Crippen LogP contribution in [0.4, 0.5) is 0 Å². The van der Waals surface area contributed by atoms with Gasteiger partial charge in [-0.1, -0.05) is 22.0 Å². The number of benzene rings is 1. The highest BCUT2D eigenvalue weighted by molar-refractivity contribution is 9.10. The van der Waals surface area contributed by atoms with Crippen LogP contribution in [0, 0.1) is 0 Å². The Morgan fingerprint density at radius 1 is 1.40 bits per heavy atom. The van der Waals surface area contributed by atoms with Gasteiger partial charge in [-0.15, -0.1) is 0 Å².